The second-order valence-corrected chi connectivity index (χ2v) is 5.66. The van der Waals surface area contributed by atoms with E-state index in [0.717, 1.165) is 13.0 Å². The van der Waals surface area contributed by atoms with E-state index in [9.17, 15) is 10.2 Å². The summed E-state index contributed by atoms with van der Waals surface area (Å²) in [5.74, 6) is 0.710. The Bertz CT molecular complexity index is 186. The third-order valence-electron chi connectivity index (χ3n) is 2.78. The Kier molecular flexibility index (Phi) is 10.6. The van der Waals surface area contributed by atoms with E-state index >= 15 is 0 Å². The normalized spacial score (nSPS) is 16.8. The molecule has 0 saturated heterocycles. The zero-order chi connectivity index (χ0) is 14.0. The zero-order valence-electron chi connectivity index (χ0n) is 12.4. The van der Waals surface area contributed by atoms with Gasteiger partial charge in [-0.3, -0.25) is 0 Å². The molecule has 4 nitrogen and oxygen atoms in total. The molecule has 3 atom stereocenters. The molecule has 0 rings (SSSR count). The fourth-order valence-corrected chi connectivity index (χ4v) is 1.80. The van der Waals surface area contributed by atoms with Gasteiger partial charge in [0.05, 0.1) is 18.8 Å². The molecule has 0 radical (unpaired) electrons. The highest BCUT2D eigenvalue weighted by Crippen LogP contribution is 2.03. The third kappa shape index (κ3) is 12.3. The maximum atomic E-state index is 9.69. The minimum Gasteiger partial charge on any atom is -0.393 e. The molecule has 0 aromatic rings. The molecule has 0 heterocycles. The molecule has 0 aliphatic rings. The van der Waals surface area contributed by atoms with Gasteiger partial charge in [0.1, 0.15) is 0 Å². The molecule has 3 unspecified atom stereocenters. The van der Waals surface area contributed by atoms with Crippen molar-refractivity contribution in [1.29, 1.82) is 0 Å². The van der Waals surface area contributed by atoms with Gasteiger partial charge >= 0.3 is 0 Å². The van der Waals surface area contributed by atoms with Crippen LogP contribution in [-0.4, -0.2) is 48.2 Å². The molecule has 0 spiro atoms. The van der Waals surface area contributed by atoms with Crippen LogP contribution in [0.2, 0.25) is 0 Å². The topological polar surface area (TPSA) is 61.7 Å². The van der Waals surface area contributed by atoms with Crippen molar-refractivity contribution in [2.24, 2.45) is 5.92 Å². The lowest BCUT2D eigenvalue weighted by molar-refractivity contribution is 0.0328. The van der Waals surface area contributed by atoms with E-state index in [-0.39, 0.29) is 12.1 Å². The fourth-order valence-electron chi connectivity index (χ4n) is 1.80. The molecule has 18 heavy (non-hydrogen) atoms. The average molecular weight is 261 g/mol. The molecule has 0 saturated carbocycles. The molecule has 0 aromatic carbocycles. The Morgan fingerprint density at radius 3 is 2.33 bits per heavy atom. The largest absolute Gasteiger partial charge is 0.393 e. The molecule has 0 aliphatic heterocycles. The van der Waals surface area contributed by atoms with Crippen molar-refractivity contribution in [3.8, 4) is 0 Å². The summed E-state index contributed by atoms with van der Waals surface area (Å²) in [7, 11) is 0. The van der Waals surface area contributed by atoms with E-state index in [1.165, 1.54) is 6.42 Å². The van der Waals surface area contributed by atoms with E-state index in [4.69, 9.17) is 4.74 Å². The highest BCUT2D eigenvalue weighted by Gasteiger charge is 2.09. The molecular formula is C14H31NO3. The maximum absolute atomic E-state index is 9.69. The van der Waals surface area contributed by atoms with Gasteiger partial charge < -0.3 is 20.3 Å². The van der Waals surface area contributed by atoms with E-state index in [2.05, 4.69) is 19.2 Å². The molecule has 0 amide bonds. The quantitative estimate of drug-likeness (QED) is 0.494. The van der Waals surface area contributed by atoms with Crippen molar-refractivity contribution in [1.82, 2.24) is 5.32 Å². The predicted octanol–water partition coefficient (Wildman–Crippen LogP) is 1.55. The summed E-state index contributed by atoms with van der Waals surface area (Å²) in [6, 6.07) is 0.209. The summed E-state index contributed by atoms with van der Waals surface area (Å²) in [5.41, 5.74) is 0. The van der Waals surface area contributed by atoms with Gasteiger partial charge in [0.2, 0.25) is 0 Å². The monoisotopic (exact) mass is 261 g/mol. The number of hydrogen-bond donors (Lipinski definition) is 3. The van der Waals surface area contributed by atoms with Crippen molar-refractivity contribution in [3.05, 3.63) is 0 Å². The van der Waals surface area contributed by atoms with Gasteiger partial charge in [-0.25, -0.2) is 0 Å². The summed E-state index contributed by atoms with van der Waals surface area (Å²) in [6.45, 7) is 9.78. The second kappa shape index (κ2) is 10.7. The van der Waals surface area contributed by atoms with Crippen LogP contribution in [-0.2, 0) is 4.74 Å². The first kappa shape index (κ1) is 17.8. The molecule has 3 N–H and O–H groups in total. The lowest BCUT2D eigenvalue weighted by Gasteiger charge is -2.18. The van der Waals surface area contributed by atoms with Crippen LogP contribution in [0.5, 0.6) is 0 Å². The van der Waals surface area contributed by atoms with Crippen LogP contribution in [0.4, 0.5) is 0 Å². The maximum Gasteiger partial charge on any atom is 0.0897 e. The van der Waals surface area contributed by atoms with Crippen LogP contribution in [0, 0.1) is 5.92 Å². The molecule has 0 aromatic heterocycles. The number of aliphatic hydroxyl groups excluding tert-OH is 2. The number of ether oxygens (including phenoxy) is 1. The average Bonchev–Trinajstić information content (AvgIpc) is 2.24. The van der Waals surface area contributed by atoms with Crippen LogP contribution in [0.15, 0.2) is 0 Å². The molecule has 110 valence electrons. The van der Waals surface area contributed by atoms with Crippen molar-refractivity contribution < 1.29 is 14.9 Å². The van der Waals surface area contributed by atoms with E-state index < -0.39 is 6.10 Å². The number of aliphatic hydroxyl groups is 2. The van der Waals surface area contributed by atoms with Crippen LogP contribution in [0.3, 0.4) is 0 Å². The minimum absolute atomic E-state index is 0.209. The van der Waals surface area contributed by atoms with Gasteiger partial charge in [-0.05, 0) is 39.0 Å². The Morgan fingerprint density at radius 2 is 1.78 bits per heavy atom. The first-order chi connectivity index (χ1) is 8.41. The van der Waals surface area contributed by atoms with E-state index in [1.807, 2.05) is 6.92 Å². The Labute approximate surface area is 112 Å². The molecule has 0 bridgehead atoms. The van der Waals surface area contributed by atoms with Gasteiger partial charge in [-0.15, -0.1) is 0 Å². The van der Waals surface area contributed by atoms with Crippen LogP contribution < -0.4 is 5.32 Å². The van der Waals surface area contributed by atoms with Gasteiger partial charge in [-0.2, -0.15) is 0 Å². The summed E-state index contributed by atoms with van der Waals surface area (Å²) >= 11 is 0. The van der Waals surface area contributed by atoms with Crippen molar-refractivity contribution in [3.63, 3.8) is 0 Å². The molecule has 0 fully saturated rings. The zero-order valence-corrected chi connectivity index (χ0v) is 12.4. The molecule has 0 aliphatic carbocycles. The summed E-state index contributed by atoms with van der Waals surface area (Å²) in [4.78, 5) is 0. The molecular weight excluding hydrogens is 230 g/mol. The fraction of sp³-hybridized carbons (Fsp3) is 1.00. The van der Waals surface area contributed by atoms with E-state index in [0.29, 0.717) is 25.5 Å². The Hall–Kier alpha value is -0.160. The van der Waals surface area contributed by atoms with Crippen LogP contribution >= 0.6 is 0 Å². The standard InChI is InChI=1S/C14H31NO3/c1-11(2)6-5-7-18-10-14(17)9-15-12(3)8-13(4)16/h11-17H,5-10H2,1-4H3. The van der Waals surface area contributed by atoms with Crippen molar-refractivity contribution in [2.75, 3.05) is 19.8 Å². The number of rotatable bonds is 11. The second-order valence-electron chi connectivity index (χ2n) is 5.66. The van der Waals surface area contributed by atoms with Gasteiger partial charge in [0.25, 0.3) is 0 Å². The van der Waals surface area contributed by atoms with Crippen molar-refractivity contribution in [2.45, 2.75) is 65.2 Å². The SMILES string of the molecule is CC(C)CCCOCC(O)CNC(C)CC(C)O. The Balaban J connectivity index is 3.39. The smallest absolute Gasteiger partial charge is 0.0897 e. The van der Waals surface area contributed by atoms with Gasteiger partial charge in [-0.1, -0.05) is 13.8 Å². The van der Waals surface area contributed by atoms with Gasteiger partial charge in [0.15, 0.2) is 0 Å². The lowest BCUT2D eigenvalue weighted by Crippen LogP contribution is -2.37. The van der Waals surface area contributed by atoms with Crippen LogP contribution in [0.1, 0.15) is 47.0 Å². The Morgan fingerprint density at radius 1 is 1.11 bits per heavy atom. The summed E-state index contributed by atoms with van der Waals surface area (Å²) < 4.78 is 5.42. The summed E-state index contributed by atoms with van der Waals surface area (Å²) in [5, 5.41) is 22.1. The van der Waals surface area contributed by atoms with Crippen LogP contribution in [0.25, 0.3) is 0 Å². The van der Waals surface area contributed by atoms with Crippen molar-refractivity contribution >= 4 is 0 Å². The highest BCUT2D eigenvalue weighted by atomic mass is 16.5. The minimum atomic E-state index is -0.472. The molecule has 4 heteroatoms. The third-order valence-corrected chi connectivity index (χ3v) is 2.78. The van der Waals surface area contributed by atoms with Gasteiger partial charge in [0, 0.05) is 19.2 Å². The first-order valence-electron chi connectivity index (χ1n) is 7.09. The highest BCUT2D eigenvalue weighted by molar-refractivity contribution is 4.67. The summed E-state index contributed by atoms with van der Waals surface area (Å²) in [6.07, 6.45) is 2.13. The van der Waals surface area contributed by atoms with E-state index in [1.54, 1.807) is 6.92 Å². The lowest BCUT2D eigenvalue weighted by atomic mass is 10.1. The first-order valence-corrected chi connectivity index (χ1v) is 7.09. The predicted molar refractivity (Wildman–Crippen MR) is 74.7 cm³/mol. The number of hydrogen-bond acceptors (Lipinski definition) is 4. The number of nitrogens with one attached hydrogen (secondary N) is 1.